The van der Waals surface area contributed by atoms with Gasteiger partial charge in [0, 0.05) is 5.41 Å². The van der Waals surface area contributed by atoms with E-state index in [9.17, 15) is 0 Å². The van der Waals surface area contributed by atoms with Crippen LogP contribution in [0.15, 0.2) is 0 Å². The molecule has 0 saturated heterocycles. The highest BCUT2D eigenvalue weighted by atomic mass is 32.1. The van der Waals surface area contributed by atoms with Gasteiger partial charge in [0.25, 0.3) is 0 Å². The second-order valence-electron chi connectivity index (χ2n) is 4.94. The second kappa shape index (κ2) is 6.80. The maximum atomic E-state index is 6.07. The Morgan fingerprint density at radius 1 is 1.13 bits per heavy atom. The molecule has 1 saturated carbocycles. The largest absolute Gasteiger partial charge is 0.378 e. The normalized spacial score (nSPS) is 19.4. The van der Waals surface area contributed by atoms with Gasteiger partial charge in [-0.25, -0.2) is 0 Å². The maximum Gasteiger partial charge on any atom is 0.0575 e. The standard InChI is InChI=1S/C13H26OS/c1-3-13(4-2,11-15)10-14-12-8-6-5-7-9-12/h12,15H,3-11H2,1-2H3. The fourth-order valence-electron chi connectivity index (χ4n) is 2.25. The summed E-state index contributed by atoms with van der Waals surface area (Å²) >= 11 is 4.48. The van der Waals surface area contributed by atoms with Gasteiger partial charge < -0.3 is 4.74 Å². The monoisotopic (exact) mass is 230 g/mol. The molecular weight excluding hydrogens is 204 g/mol. The average molecular weight is 230 g/mol. The number of hydrogen-bond donors (Lipinski definition) is 1. The minimum atomic E-state index is 0.320. The van der Waals surface area contributed by atoms with Crippen LogP contribution in [0.25, 0.3) is 0 Å². The highest BCUT2D eigenvalue weighted by Crippen LogP contribution is 2.30. The molecule has 1 rings (SSSR count). The van der Waals surface area contributed by atoms with E-state index in [-0.39, 0.29) is 0 Å². The molecule has 0 spiro atoms. The topological polar surface area (TPSA) is 9.23 Å². The number of thiol groups is 1. The molecule has 0 radical (unpaired) electrons. The Kier molecular flexibility index (Phi) is 6.06. The summed E-state index contributed by atoms with van der Waals surface area (Å²) in [7, 11) is 0. The van der Waals surface area contributed by atoms with Crippen LogP contribution in [-0.4, -0.2) is 18.5 Å². The van der Waals surface area contributed by atoms with Gasteiger partial charge in [0.05, 0.1) is 12.7 Å². The number of rotatable bonds is 6. The van der Waals surface area contributed by atoms with Crippen molar-refractivity contribution in [3.05, 3.63) is 0 Å². The van der Waals surface area contributed by atoms with Gasteiger partial charge in [-0.2, -0.15) is 12.6 Å². The van der Waals surface area contributed by atoms with Gasteiger partial charge in [0.2, 0.25) is 0 Å². The molecule has 0 unspecified atom stereocenters. The summed E-state index contributed by atoms with van der Waals surface area (Å²) in [6.07, 6.45) is 9.56. The van der Waals surface area contributed by atoms with Crippen molar-refractivity contribution in [1.29, 1.82) is 0 Å². The zero-order valence-electron chi connectivity index (χ0n) is 10.3. The van der Waals surface area contributed by atoms with Crippen molar-refractivity contribution >= 4 is 12.6 Å². The minimum Gasteiger partial charge on any atom is -0.378 e. The van der Waals surface area contributed by atoms with E-state index in [0.29, 0.717) is 11.5 Å². The second-order valence-corrected chi connectivity index (χ2v) is 5.25. The van der Waals surface area contributed by atoms with Crippen LogP contribution in [0.1, 0.15) is 58.8 Å². The van der Waals surface area contributed by atoms with Crippen molar-refractivity contribution in [3.8, 4) is 0 Å². The third kappa shape index (κ3) is 3.99. The summed E-state index contributed by atoms with van der Waals surface area (Å²) in [5, 5.41) is 0. The Labute approximate surface area is 100 Å². The van der Waals surface area contributed by atoms with Crippen molar-refractivity contribution < 1.29 is 4.74 Å². The third-order valence-electron chi connectivity index (χ3n) is 4.01. The quantitative estimate of drug-likeness (QED) is 0.677. The Hall–Kier alpha value is 0.310. The zero-order valence-corrected chi connectivity index (χ0v) is 11.2. The van der Waals surface area contributed by atoms with E-state index < -0.39 is 0 Å². The van der Waals surface area contributed by atoms with Gasteiger partial charge in [0.15, 0.2) is 0 Å². The Morgan fingerprint density at radius 3 is 2.20 bits per heavy atom. The first-order chi connectivity index (χ1) is 7.26. The molecule has 1 nitrogen and oxygen atoms in total. The fourth-order valence-corrected chi connectivity index (χ4v) is 2.79. The van der Waals surface area contributed by atoms with Crippen molar-refractivity contribution in [2.45, 2.75) is 64.9 Å². The molecule has 0 atom stereocenters. The smallest absolute Gasteiger partial charge is 0.0575 e. The first-order valence-corrected chi connectivity index (χ1v) is 7.12. The lowest BCUT2D eigenvalue weighted by Gasteiger charge is -2.32. The number of hydrogen-bond acceptors (Lipinski definition) is 2. The summed E-state index contributed by atoms with van der Waals surface area (Å²) in [5.74, 6) is 0.951. The molecule has 0 aliphatic heterocycles. The maximum absolute atomic E-state index is 6.07. The molecular formula is C13H26OS. The van der Waals surface area contributed by atoms with Gasteiger partial charge in [0.1, 0.15) is 0 Å². The molecule has 1 fully saturated rings. The van der Waals surface area contributed by atoms with Crippen molar-refractivity contribution in [2.24, 2.45) is 5.41 Å². The molecule has 0 amide bonds. The van der Waals surface area contributed by atoms with Crippen LogP contribution in [-0.2, 0) is 4.74 Å². The summed E-state index contributed by atoms with van der Waals surface area (Å²) in [6.45, 7) is 5.42. The minimum absolute atomic E-state index is 0.320. The van der Waals surface area contributed by atoms with E-state index in [2.05, 4.69) is 26.5 Å². The van der Waals surface area contributed by atoms with Gasteiger partial charge in [-0.1, -0.05) is 33.1 Å². The fraction of sp³-hybridized carbons (Fsp3) is 1.00. The Bertz CT molecular complexity index is 152. The SMILES string of the molecule is CCC(CC)(CS)COC1CCCCC1. The molecule has 1 aliphatic rings. The van der Waals surface area contributed by atoms with Gasteiger partial charge in [-0.3, -0.25) is 0 Å². The van der Waals surface area contributed by atoms with Crippen LogP contribution in [0.5, 0.6) is 0 Å². The van der Waals surface area contributed by atoms with E-state index in [0.717, 1.165) is 12.4 Å². The van der Waals surface area contributed by atoms with Crippen LogP contribution in [0.4, 0.5) is 0 Å². The van der Waals surface area contributed by atoms with Crippen LogP contribution >= 0.6 is 12.6 Å². The summed E-state index contributed by atoms with van der Waals surface area (Å²) in [5.41, 5.74) is 0.320. The van der Waals surface area contributed by atoms with Gasteiger partial charge >= 0.3 is 0 Å². The van der Waals surface area contributed by atoms with Crippen molar-refractivity contribution in [3.63, 3.8) is 0 Å². The molecule has 90 valence electrons. The summed E-state index contributed by atoms with van der Waals surface area (Å²) in [6, 6.07) is 0. The molecule has 0 aromatic carbocycles. The predicted molar refractivity (Wildman–Crippen MR) is 69.7 cm³/mol. The molecule has 0 aromatic rings. The Morgan fingerprint density at radius 2 is 1.73 bits per heavy atom. The molecule has 2 heteroatoms. The highest BCUT2D eigenvalue weighted by molar-refractivity contribution is 7.80. The number of ether oxygens (including phenoxy) is 1. The van der Waals surface area contributed by atoms with Crippen LogP contribution in [0.2, 0.25) is 0 Å². The summed E-state index contributed by atoms with van der Waals surface area (Å²) in [4.78, 5) is 0. The van der Waals surface area contributed by atoms with Crippen LogP contribution < -0.4 is 0 Å². The molecule has 0 aromatic heterocycles. The summed E-state index contributed by atoms with van der Waals surface area (Å²) < 4.78 is 6.07. The van der Waals surface area contributed by atoms with E-state index in [4.69, 9.17) is 4.74 Å². The Balaban J connectivity index is 2.31. The van der Waals surface area contributed by atoms with E-state index in [1.54, 1.807) is 0 Å². The lowest BCUT2D eigenvalue weighted by molar-refractivity contribution is -0.0209. The lowest BCUT2D eigenvalue weighted by atomic mass is 9.85. The van der Waals surface area contributed by atoms with Crippen LogP contribution in [0, 0.1) is 5.41 Å². The van der Waals surface area contributed by atoms with Gasteiger partial charge in [-0.05, 0) is 31.4 Å². The van der Waals surface area contributed by atoms with Crippen molar-refractivity contribution in [1.82, 2.24) is 0 Å². The lowest BCUT2D eigenvalue weighted by Crippen LogP contribution is -2.31. The highest BCUT2D eigenvalue weighted by Gasteiger charge is 2.26. The van der Waals surface area contributed by atoms with E-state index >= 15 is 0 Å². The molecule has 0 N–H and O–H groups in total. The molecule has 0 bridgehead atoms. The van der Waals surface area contributed by atoms with Crippen molar-refractivity contribution in [2.75, 3.05) is 12.4 Å². The zero-order chi connectivity index (χ0) is 11.1. The third-order valence-corrected chi connectivity index (χ3v) is 4.68. The predicted octanol–water partition coefficient (Wildman–Crippen LogP) is 4.07. The molecule has 0 heterocycles. The first kappa shape index (κ1) is 13.4. The van der Waals surface area contributed by atoms with E-state index in [1.165, 1.54) is 44.9 Å². The van der Waals surface area contributed by atoms with Crippen LogP contribution in [0.3, 0.4) is 0 Å². The molecule has 15 heavy (non-hydrogen) atoms. The first-order valence-electron chi connectivity index (χ1n) is 6.49. The van der Waals surface area contributed by atoms with E-state index in [1.807, 2.05) is 0 Å². The van der Waals surface area contributed by atoms with Gasteiger partial charge in [-0.15, -0.1) is 0 Å². The average Bonchev–Trinajstić information content (AvgIpc) is 2.33. The molecule has 1 aliphatic carbocycles.